The van der Waals surface area contributed by atoms with Gasteiger partial charge in [0.15, 0.2) is 10.4 Å². The molecule has 2 aromatic heterocycles. The van der Waals surface area contributed by atoms with Crippen molar-refractivity contribution >= 4 is 23.4 Å². The molecule has 0 saturated heterocycles. The van der Waals surface area contributed by atoms with E-state index in [1.165, 1.54) is 5.56 Å². The molecule has 102 valence electrons. The first kappa shape index (κ1) is 12.9. The lowest BCUT2D eigenvalue weighted by Crippen LogP contribution is -2.02. The largest absolute Gasteiger partial charge is 0.497 e. The topological polar surface area (TPSA) is 42.8 Å². The molecule has 0 saturated carbocycles. The number of nitrogens with zero attached hydrogens (tertiary/aromatic N) is 2. The van der Waals surface area contributed by atoms with E-state index >= 15 is 0 Å². The number of aryl methyl sites for hydroxylation is 2. The van der Waals surface area contributed by atoms with Gasteiger partial charge in [0.1, 0.15) is 5.75 Å². The monoisotopic (exact) mass is 285 g/mol. The molecule has 0 spiro atoms. The average molecular weight is 285 g/mol. The van der Waals surface area contributed by atoms with Gasteiger partial charge in [-0.3, -0.25) is 0 Å². The number of fused-ring (bicyclic) bond motifs is 1. The number of hydrogen-bond donors (Lipinski definition) is 1. The van der Waals surface area contributed by atoms with Crippen LogP contribution in [0.15, 0.2) is 42.6 Å². The number of aromatic amines is 1. The van der Waals surface area contributed by atoms with Gasteiger partial charge in [0.05, 0.1) is 12.6 Å². The lowest BCUT2D eigenvalue weighted by molar-refractivity contribution is 0.414. The average Bonchev–Trinajstić information content (AvgIpc) is 2.81. The number of rotatable bonds is 4. The molecule has 0 aliphatic carbocycles. The summed E-state index contributed by atoms with van der Waals surface area (Å²) in [6.07, 6.45) is 2.69. The van der Waals surface area contributed by atoms with Crippen molar-refractivity contribution in [3.63, 3.8) is 0 Å². The SMILES string of the molecule is COc1ccc(CCn2c(=S)[nH]c3cccnc32)cc1. The molecular formula is C15H15N3OS. The van der Waals surface area contributed by atoms with Gasteiger partial charge in [-0.2, -0.15) is 0 Å². The molecule has 0 amide bonds. The lowest BCUT2D eigenvalue weighted by atomic mass is 10.1. The van der Waals surface area contributed by atoms with Gasteiger partial charge in [-0.25, -0.2) is 4.98 Å². The molecule has 0 bridgehead atoms. The molecule has 0 atom stereocenters. The van der Waals surface area contributed by atoms with E-state index in [-0.39, 0.29) is 0 Å². The Morgan fingerprint density at radius 3 is 2.80 bits per heavy atom. The van der Waals surface area contributed by atoms with Crippen LogP contribution in [0.1, 0.15) is 5.56 Å². The van der Waals surface area contributed by atoms with Gasteiger partial charge in [0.2, 0.25) is 0 Å². The number of methoxy groups -OCH3 is 1. The molecule has 3 rings (SSSR count). The van der Waals surface area contributed by atoms with Crippen LogP contribution in [0.2, 0.25) is 0 Å². The molecular weight excluding hydrogens is 270 g/mol. The molecule has 1 N–H and O–H groups in total. The molecule has 0 aliphatic rings. The van der Waals surface area contributed by atoms with E-state index in [1.807, 2.05) is 28.8 Å². The fourth-order valence-electron chi connectivity index (χ4n) is 2.23. The van der Waals surface area contributed by atoms with Crippen molar-refractivity contribution in [3.8, 4) is 5.75 Å². The number of pyridine rings is 1. The Labute approximate surface area is 122 Å². The first-order valence-electron chi connectivity index (χ1n) is 6.44. The van der Waals surface area contributed by atoms with Gasteiger partial charge in [-0.15, -0.1) is 0 Å². The van der Waals surface area contributed by atoms with Crippen LogP contribution in [0.4, 0.5) is 0 Å². The van der Waals surface area contributed by atoms with Crippen LogP contribution in [-0.2, 0) is 13.0 Å². The smallest absolute Gasteiger partial charge is 0.179 e. The second-order valence-corrected chi connectivity index (χ2v) is 4.94. The molecule has 0 radical (unpaired) electrons. The third-order valence-electron chi connectivity index (χ3n) is 3.31. The van der Waals surface area contributed by atoms with E-state index in [0.717, 1.165) is 29.9 Å². The van der Waals surface area contributed by atoms with Crippen molar-refractivity contribution in [2.24, 2.45) is 0 Å². The Balaban J connectivity index is 1.82. The van der Waals surface area contributed by atoms with Gasteiger partial charge in [0, 0.05) is 12.7 Å². The molecule has 20 heavy (non-hydrogen) atoms. The summed E-state index contributed by atoms with van der Waals surface area (Å²) >= 11 is 5.36. The van der Waals surface area contributed by atoms with Crippen LogP contribution in [-0.4, -0.2) is 21.6 Å². The highest BCUT2D eigenvalue weighted by molar-refractivity contribution is 7.71. The predicted octanol–water partition coefficient (Wildman–Crippen LogP) is 3.35. The molecule has 0 fully saturated rings. The Bertz CT molecular complexity index is 774. The minimum atomic E-state index is 0.715. The van der Waals surface area contributed by atoms with Crippen molar-refractivity contribution in [1.29, 1.82) is 0 Å². The van der Waals surface area contributed by atoms with E-state index in [2.05, 4.69) is 22.1 Å². The lowest BCUT2D eigenvalue weighted by Gasteiger charge is -2.05. The Morgan fingerprint density at radius 2 is 2.05 bits per heavy atom. The highest BCUT2D eigenvalue weighted by Gasteiger charge is 2.05. The minimum Gasteiger partial charge on any atom is -0.497 e. The molecule has 0 unspecified atom stereocenters. The minimum absolute atomic E-state index is 0.715. The second kappa shape index (κ2) is 5.46. The van der Waals surface area contributed by atoms with Gasteiger partial charge >= 0.3 is 0 Å². The highest BCUT2D eigenvalue weighted by atomic mass is 32.1. The summed E-state index contributed by atoms with van der Waals surface area (Å²) in [4.78, 5) is 7.56. The number of nitrogens with one attached hydrogen (secondary N) is 1. The molecule has 1 aromatic carbocycles. The second-order valence-electron chi connectivity index (χ2n) is 4.55. The first-order chi connectivity index (χ1) is 9.78. The molecule has 4 nitrogen and oxygen atoms in total. The maximum atomic E-state index is 5.36. The first-order valence-corrected chi connectivity index (χ1v) is 6.85. The van der Waals surface area contributed by atoms with Crippen LogP contribution in [0, 0.1) is 4.77 Å². The van der Waals surface area contributed by atoms with Gasteiger partial charge in [-0.05, 0) is 48.5 Å². The van der Waals surface area contributed by atoms with Crippen LogP contribution < -0.4 is 4.74 Å². The van der Waals surface area contributed by atoms with Crippen molar-refractivity contribution in [1.82, 2.24) is 14.5 Å². The Hall–Kier alpha value is -2.14. The highest BCUT2D eigenvalue weighted by Crippen LogP contribution is 2.14. The zero-order valence-electron chi connectivity index (χ0n) is 11.2. The Morgan fingerprint density at radius 1 is 1.25 bits per heavy atom. The summed E-state index contributed by atoms with van der Waals surface area (Å²) < 4.78 is 7.91. The van der Waals surface area contributed by atoms with Crippen molar-refractivity contribution in [2.45, 2.75) is 13.0 Å². The van der Waals surface area contributed by atoms with Gasteiger partial charge in [-0.1, -0.05) is 12.1 Å². The van der Waals surface area contributed by atoms with E-state index in [0.29, 0.717) is 4.77 Å². The van der Waals surface area contributed by atoms with E-state index in [1.54, 1.807) is 13.3 Å². The maximum Gasteiger partial charge on any atom is 0.179 e. The maximum absolute atomic E-state index is 5.36. The normalized spacial score (nSPS) is 10.8. The van der Waals surface area contributed by atoms with Crippen LogP contribution in [0.5, 0.6) is 5.75 Å². The van der Waals surface area contributed by atoms with Crippen LogP contribution in [0.3, 0.4) is 0 Å². The van der Waals surface area contributed by atoms with Gasteiger partial charge < -0.3 is 14.3 Å². The molecule has 3 aromatic rings. The summed E-state index contributed by atoms with van der Waals surface area (Å²) in [5.41, 5.74) is 3.14. The molecule has 2 heterocycles. The molecule has 0 aliphatic heterocycles. The third kappa shape index (κ3) is 2.44. The van der Waals surface area contributed by atoms with Gasteiger partial charge in [0.25, 0.3) is 0 Å². The number of benzene rings is 1. The van der Waals surface area contributed by atoms with E-state index in [9.17, 15) is 0 Å². The summed E-state index contributed by atoms with van der Waals surface area (Å²) in [5, 5.41) is 0. The summed E-state index contributed by atoms with van der Waals surface area (Å²) in [6.45, 7) is 0.808. The summed E-state index contributed by atoms with van der Waals surface area (Å²) in [5.74, 6) is 0.874. The van der Waals surface area contributed by atoms with Crippen molar-refractivity contribution < 1.29 is 4.74 Å². The Kier molecular flexibility index (Phi) is 3.52. The quantitative estimate of drug-likeness (QED) is 0.748. The predicted molar refractivity (Wildman–Crippen MR) is 81.6 cm³/mol. The zero-order valence-corrected chi connectivity index (χ0v) is 12.0. The number of imidazole rings is 1. The molecule has 5 heteroatoms. The fourth-order valence-corrected chi connectivity index (χ4v) is 2.52. The number of H-pyrrole nitrogens is 1. The summed E-state index contributed by atoms with van der Waals surface area (Å²) in [6, 6.07) is 12.0. The summed E-state index contributed by atoms with van der Waals surface area (Å²) in [7, 11) is 1.67. The standard InChI is InChI=1S/C15H15N3OS/c1-19-12-6-4-11(5-7-12)8-10-18-14-13(17-15(18)20)3-2-9-16-14/h2-7,9H,8,10H2,1H3,(H,17,20). The van der Waals surface area contributed by atoms with Crippen molar-refractivity contribution in [3.05, 3.63) is 52.9 Å². The van der Waals surface area contributed by atoms with Crippen LogP contribution in [0.25, 0.3) is 11.2 Å². The van der Waals surface area contributed by atoms with E-state index in [4.69, 9.17) is 17.0 Å². The van der Waals surface area contributed by atoms with Crippen molar-refractivity contribution in [2.75, 3.05) is 7.11 Å². The fraction of sp³-hybridized carbons (Fsp3) is 0.200. The number of hydrogen-bond acceptors (Lipinski definition) is 3. The van der Waals surface area contributed by atoms with Crippen LogP contribution >= 0.6 is 12.2 Å². The third-order valence-corrected chi connectivity index (χ3v) is 3.63. The van der Waals surface area contributed by atoms with E-state index < -0.39 is 0 Å². The zero-order chi connectivity index (χ0) is 13.9. The number of aromatic nitrogens is 3. The number of ether oxygens (including phenoxy) is 1.